The molecule has 0 radical (unpaired) electrons. The van der Waals surface area contributed by atoms with Gasteiger partial charge in [-0.2, -0.15) is 5.26 Å². The Kier molecular flexibility index (Phi) is 7.06. The average Bonchev–Trinajstić information content (AvgIpc) is 3.27. The third-order valence-electron chi connectivity index (χ3n) is 6.03. The van der Waals surface area contributed by atoms with Gasteiger partial charge >= 0.3 is 0 Å². The average molecular weight is 485 g/mol. The largest absolute Gasteiger partial charge is 0.497 e. The van der Waals surface area contributed by atoms with Crippen LogP contribution in [0.15, 0.2) is 48.8 Å². The van der Waals surface area contributed by atoms with Crippen LogP contribution in [-0.4, -0.2) is 34.7 Å². The quantitative estimate of drug-likeness (QED) is 0.386. The van der Waals surface area contributed by atoms with E-state index in [1.807, 2.05) is 48.9 Å². The molecule has 0 spiro atoms. The van der Waals surface area contributed by atoms with Crippen LogP contribution in [0.3, 0.4) is 0 Å². The number of hydrogen-bond acceptors (Lipinski definition) is 7. The number of benzene rings is 2. The second-order valence-electron chi connectivity index (χ2n) is 8.30. The summed E-state index contributed by atoms with van der Waals surface area (Å²) in [7, 11) is 5.07. The van der Waals surface area contributed by atoms with Crippen LogP contribution in [0.2, 0.25) is 0 Å². The number of carbonyl (C=O) groups excluding carboxylic acids is 1. The summed E-state index contributed by atoms with van der Waals surface area (Å²) in [4.78, 5) is 23.8. The van der Waals surface area contributed by atoms with Crippen molar-refractivity contribution in [2.75, 3.05) is 24.4 Å². The molecule has 0 aliphatic rings. The highest BCUT2D eigenvalue weighted by molar-refractivity contribution is 6.00. The molecule has 0 atom stereocenters. The highest BCUT2D eigenvalue weighted by Crippen LogP contribution is 2.32. The maximum atomic E-state index is 12.9. The van der Waals surface area contributed by atoms with E-state index in [0.717, 1.165) is 28.8 Å². The summed E-state index contributed by atoms with van der Waals surface area (Å²) in [6.07, 6.45) is 2.45. The predicted octanol–water partition coefficient (Wildman–Crippen LogP) is 4.72. The minimum Gasteiger partial charge on any atom is -0.497 e. The van der Waals surface area contributed by atoms with Gasteiger partial charge in [-0.3, -0.25) is 9.69 Å². The minimum absolute atomic E-state index is 0.183. The van der Waals surface area contributed by atoms with Crippen LogP contribution in [-0.2, 0) is 24.8 Å². The number of anilines is 3. The van der Waals surface area contributed by atoms with Crippen LogP contribution in [0.4, 0.5) is 17.3 Å². The summed E-state index contributed by atoms with van der Waals surface area (Å²) >= 11 is 0. The van der Waals surface area contributed by atoms with Gasteiger partial charge in [0.1, 0.15) is 22.8 Å². The highest BCUT2D eigenvalue weighted by atomic mass is 16.5. The zero-order valence-corrected chi connectivity index (χ0v) is 21.0. The van der Waals surface area contributed by atoms with Crippen molar-refractivity contribution in [3.63, 3.8) is 0 Å². The van der Waals surface area contributed by atoms with Crippen LogP contribution in [0.1, 0.15) is 30.5 Å². The summed E-state index contributed by atoms with van der Waals surface area (Å²) in [5.41, 5.74) is 4.68. The summed E-state index contributed by atoms with van der Waals surface area (Å²) in [5, 5.41) is 12.6. The van der Waals surface area contributed by atoms with Gasteiger partial charge in [-0.15, -0.1) is 0 Å². The molecule has 2 heterocycles. The fourth-order valence-corrected chi connectivity index (χ4v) is 4.07. The van der Waals surface area contributed by atoms with E-state index in [4.69, 9.17) is 14.5 Å². The first-order valence-corrected chi connectivity index (χ1v) is 11.5. The molecule has 0 unspecified atom stereocenters. The number of nitrogens with zero attached hydrogens (tertiary/aromatic N) is 5. The fourth-order valence-electron chi connectivity index (χ4n) is 4.07. The van der Waals surface area contributed by atoms with E-state index in [9.17, 15) is 10.1 Å². The van der Waals surface area contributed by atoms with Gasteiger partial charge in [0.05, 0.1) is 44.2 Å². The van der Waals surface area contributed by atoms with E-state index in [-0.39, 0.29) is 12.5 Å². The number of aromatic nitrogens is 3. The Labute approximate surface area is 209 Å². The predicted molar refractivity (Wildman–Crippen MR) is 139 cm³/mol. The molecule has 0 fully saturated rings. The van der Waals surface area contributed by atoms with Crippen molar-refractivity contribution in [2.45, 2.75) is 26.8 Å². The molecule has 4 aromatic rings. The van der Waals surface area contributed by atoms with Gasteiger partial charge < -0.3 is 19.4 Å². The number of aryl methyl sites for hydroxylation is 2. The number of methoxy groups -OCH3 is 2. The van der Waals surface area contributed by atoms with Crippen molar-refractivity contribution in [3.05, 3.63) is 65.5 Å². The molecule has 0 aliphatic heterocycles. The summed E-state index contributed by atoms with van der Waals surface area (Å²) in [6, 6.07) is 15.1. The molecule has 1 amide bonds. The van der Waals surface area contributed by atoms with E-state index in [1.54, 1.807) is 37.6 Å². The van der Waals surface area contributed by atoms with Gasteiger partial charge in [-0.25, -0.2) is 9.97 Å². The fraction of sp³-hybridized carbons (Fsp3) is 0.259. The van der Waals surface area contributed by atoms with Crippen LogP contribution < -0.4 is 19.7 Å². The van der Waals surface area contributed by atoms with Crippen molar-refractivity contribution in [1.82, 2.24) is 14.5 Å². The van der Waals surface area contributed by atoms with Crippen molar-refractivity contribution in [2.24, 2.45) is 7.05 Å². The number of fused-ring (bicyclic) bond motifs is 1. The van der Waals surface area contributed by atoms with Crippen LogP contribution in [0, 0.1) is 11.3 Å². The number of rotatable bonds is 8. The first-order chi connectivity index (χ1) is 17.4. The monoisotopic (exact) mass is 484 g/mol. The molecule has 0 saturated carbocycles. The maximum Gasteiger partial charge on any atom is 0.225 e. The number of nitrogens with one attached hydrogen (secondary N) is 1. The zero-order valence-electron chi connectivity index (χ0n) is 21.0. The lowest BCUT2D eigenvalue weighted by molar-refractivity contribution is -0.116. The Hall–Kier alpha value is -4.58. The Bertz CT molecular complexity index is 1470. The first kappa shape index (κ1) is 24.5. The molecule has 9 nitrogen and oxygen atoms in total. The number of carbonyl (C=O) groups is 1. The molecule has 0 saturated heterocycles. The van der Waals surface area contributed by atoms with Crippen molar-refractivity contribution in [3.8, 4) is 17.6 Å². The number of amides is 1. The van der Waals surface area contributed by atoms with Gasteiger partial charge in [0.15, 0.2) is 5.82 Å². The normalized spacial score (nSPS) is 10.7. The third kappa shape index (κ3) is 4.79. The Morgan fingerprint density at radius 2 is 1.94 bits per heavy atom. The van der Waals surface area contributed by atoms with Crippen molar-refractivity contribution < 1.29 is 14.3 Å². The van der Waals surface area contributed by atoms with Crippen molar-refractivity contribution >= 4 is 34.3 Å². The van der Waals surface area contributed by atoms with Gasteiger partial charge in [-0.05, 0) is 42.3 Å². The zero-order chi connectivity index (χ0) is 25.8. The second kappa shape index (κ2) is 10.4. The van der Waals surface area contributed by atoms with E-state index >= 15 is 0 Å². The van der Waals surface area contributed by atoms with E-state index in [0.29, 0.717) is 34.2 Å². The van der Waals surface area contributed by atoms with E-state index in [1.165, 1.54) is 6.92 Å². The van der Waals surface area contributed by atoms with Crippen LogP contribution in [0.25, 0.3) is 11.0 Å². The molecule has 184 valence electrons. The standard InChI is InChI=1S/C27H28N6O3/c1-6-19-11-18(14-28)7-10-22(19)30-25-13-23-26(29-16-32(23)3)27(31-25)33(17(2)34)15-20-8-9-21(35-4)12-24(20)36-5/h7-13,16H,6,15H2,1-5H3,(H,30,31). The van der Waals surface area contributed by atoms with Crippen LogP contribution in [0.5, 0.6) is 11.5 Å². The van der Waals surface area contributed by atoms with Gasteiger partial charge in [0.2, 0.25) is 5.91 Å². The number of hydrogen-bond donors (Lipinski definition) is 1. The lowest BCUT2D eigenvalue weighted by atomic mass is 10.1. The molecule has 2 aromatic carbocycles. The second-order valence-corrected chi connectivity index (χ2v) is 8.30. The van der Waals surface area contributed by atoms with Gasteiger partial charge in [-0.1, -0.05) is 6.92 Å². The third-order valence-corrected chi connectivity index (χ3v) is 6.03. The topological polar surface area (TPSA) is 105 Å². The molecule has 0 aliphatic carbocycles. The Morgan fingerprint density at radius 3 is 2.61 bits per heavy atom. The lowest BCUT2D eigenvalue weighted by Gasteiger charge is -2.23. The number of imidazole rings is 1. The van der Waals surface area contributed by atoms with Gasteiger partial charge in [0.25, 0.3) is 0 Å². The first-order valence-electron chi connectivity index (χ1n) is 11.5. The molecule has 2 aromatic heterocycles. The lowest BCUT2D eigenvalue weighted by Crippen LogP contribution is -2.29. The summed E-state index contributed by atoms with van der Waals surface area (Å²) < 4.78 is 12.7. The summed E-state index contributed by atoms with van der Waals surface area (Å²) in [5.74, 6) is 2.09. The summed E-state index contributed by atoms with van der Waals surface area (Å²) in [6.45, 7) is 3.77. The maximum absolute atomic E-state index is 12.9. The van der Waals surface area contributed by atoms with Gasteiger partial charge in [0, 0.05) is 37.4 Å². The van der Waals surface area contributed by atoms with E-state index < -0.39 is 0 Å². The smallest absolute Gasteiger partial charge is 0.225 e. The molecular formula is C27H28N6O3. The number of ether oxygens (including phenoxy) is 2. The molecule has 36 heavy (non-hydrogen) atoms. The van der Waals surface area contributed by atoms with Crippen molar-refractivity contribution in [1.29, 1.82) is 5.26 Å². The molecule has 0 bridgehead atoms. The molecular weight excluding hydrogens is 456 g/mol. The molecule has 9 heteroatoms. The number of nitriles is 1. The number of pyridine rings is 1. The SMILES string of the molecule is CCc1cc(C#N)ccc1Nc1cc2c(ncn2C)c(N(Cc2ccc(OC)cc2OC)C(C)=O)n1. The molecule has 1 N–H and O–H groups in total. The van der Waals surface area contributed by atoms with E-state index in [2.05, 4.69) is 16.4 Å². The highest BCUT2D eigenvalue weighted by Gasteiger charge is 2.22. The Balaban J connectivity index is 1.80. The molecule has 4 rings (SSSR count). The Morgan fingerprint density at radius 1 is 1.14 bits per heavy atom. The van der Waals surface area contributed by atoms with Crippen LogP contribution >= 0.6 is 0 Å². The minimum atomic E-state index is -0.183.